The van der Waals surface area contributed by atoms with Crippen LogP contribution in [0.1, 0.15) is 0 Å². The lowest BCUT2D eigenvalue weighted by molar-refractivity contribution is -0.137. The molecule has 0 spiro atoms. The number of imide groups is 1. The lowest BCUT2D eigenvalue weighted by Gasteiger charge is -2.13. The molecule has 20 heavy (non-hydrogen) atoms. The molecule has 3 rings (SSSR count). The number of nitrogens with zero attached hydrogens (tertiary/aromatic N) is 3. The molecule has 0 aliphatic carbocycles. The van der Waals surface area contributed by atoms with Crippen molar-refractivity contribution in [3.05, 3.63) is 30.0 Å². The monoisotopic (exact) mass is 273 g/mol. The Morgan fingerprint density at radius 2 is 2.15 bits per heavy atom. The molecule has 0 saturated heterocycles. The van der Waals surface area contributed by atoms with Gasteiger partial charge in [0, 0.05) is 6.08 Å². The second-order valence-electron chi connectivity index (χ2n) is 4.20. The van der Waals surface area contributed by atoms with Gasteiger partial charge in [-0.05, 0) is 12.1 Å². The van der Waals surface area contributed by atoms with E-state index in [-0.39, 0.29) is 18.8 Å². The Kier molecular flexibility index (Phi) is 2.92. The Morgan fingerprint density at radius 3 is 2.95 bits per heavy atom. The number of benzene rings is 1. The topological polar surface area (TPSA) is 111 Å². The minimum atomic E-state index is -0.468. The molecule has 0 atom stereocenters. The van der Waals surface area contributed by atoms with Crippen LogP contribution in [0.15, 0.2) is 30.0 Å². The lowest BCUT2D eigenvalue weighted by Crippen LogP contribution is -2.34. The highest BCUT2D eigenvalue weighted by Gasteiger charge is 2.30. The summed E-state index contributed by atoms with van der Waals surface area (Å²) in [6.45, 7) is -0.287. The van der Waals surface area contributed by atoms with Crippen LogP contribution in [0, 0.1) is 0 Å². The SMILES string of the molecule is O=C1C=C(Nc2cccc3n[nH]nc23)C(=O)N1CCO. The van der Waals surface area contributed by atoms with Crippen LogP contribution in [0.2, 0.25) is 0 Å². The minimum absolute atomic E-state index is 0.0203. The van der Waals surface area contributed by atoms with Gasteiger partial charge in [-0.3, -0.25) is 14.5 Å². The van der Waals surface area contributed by atoms with E-state index in [2.05, 4.69) is 20.7 Å². The van der Waals surface area contributed by atoms with E-state index in [0.717, 1.165) is 4.90 Å². The largest absolute Gasteiger partial charge is 0.395 e. The maximum absolute atomic E-state index is 12.0. The number of H-pyrrole nitrogens is 1. The first-order valence-electron chi connectivity index (χ1n) is 5.95. The number of hydrogen-bond donors (Lipinski definition) is 3. The molecule has 2 amide bonds. The van der Waals surface area contributed by atoms with Crippen LogP contribution >= 0.6 is 0 Å². The number of rotatable bonds is 4. The quantitative estimate of drug-likeness (QED) is 0.654. The lowest BCUT2D eigenvalue weighted by atomic mass is 10.2. The van der Waals surface area contributed by atoms with Gasteiger partial charge >= 0.3 is 0 Å². The van der Waals surface area contributed by atoms with E-state index in [0.29, 0.717) is 16.7 Å². The van der Waals surface area contributed by atoms with Gasteiger partial charge in [0.2, 0.25) is 0 Å². The van der Waals surface area contributed by atoms with Gasteiger partial charge in [-0.2, -0.15) is 15.4 Å². The molecular weight excluding hydrogens is 262 g/mol. The zero-order valence-electron chi connectivity index (χ0n) is 10.3. The van der Waals surface area contributed by atoms with Gasteiger partial charge in [0.1, 0.15) is 16.7 Å². The molecule has 1 aromatic heterocycles. The molecular formula is C12H11N5O3. The zero-order chi connectivity index (χ0) is 14.1. The Morgan fingerprint density at radius 1 is 1.30 bits per heavy atom. The molecule has 8 nitrogen and oxygen atoms in total. The van der Waals surface area contributed by atoms with Crippen LogP contribution in [0.4, 0.5) is 5.69 Å². The van der Waals surface area contributed by atoms with E-state index in [4.69, 9.17) is 5.11 Å². The van der Waals surface area contributed by atoms with E-state index in [1.165, 1.54) is 6.08 Å². The number of para-hydroxylation sites is 1. The van der Waals surface area contributed by atoms with Crippen molar-refractivity contribution in [2.75, 3.05) is 18.5 Å². The smallest absolute Gasteiger partial charge is 0.277 e. The minimum Gasteiger partial charge on any atom is -0.395 e. The molecule has 1 aromatic carbocycles. The second-order valence-corrected chi connectivity index (χ2v) is 4.20. The summed E-state index contributed by atoms with van der Waals surface area (Å²) in [5, 5.41) is 22.1. The first-order valence-corrected chi connectivity index (χ1v) is 5.95. The number of carbonyl (C=O) groups excluding carboxylic acids is 2. The summed E-state index contributed by atoms with van der Waals surface area (Å²) in [5.41, 5.74) is 1.96. The predicted molar refractivity (Wildman–Crippen MR) is 69.4 cm³/mol. The van der Waals surface area contributed by atoms with Crippen molar-refractivity contribution in [2.24, 2.45) is 0 Å². The van der Waals surface area contributed by atoms with Crippen LogP contribution in [0.5, 0.6) is 0 Å². The van der Waals surface area contributed by atoms with Gasteiger partial charge in [-0.15, -0.1) is 0 Å². The van der Waals surface area contributed by atoms with Crippen LogP contribution in [0.25, 0.3) is 11.0 Å². The highest BCUT2D eigenvalue weighted by Crippen LogP contribution is 2.22. The predicted octanol–water partition coefficient (Wildman–Crippen LogP) is -0.385. The van der Waals surface area contributed by atoms with E-state index in [1.807, 2.05) is 0 Å². The summed E-state index contributed by atoms with van der Waals surface area (Å²) in [4.78, 5) is 24.6. The third-order valence-corrected chi connectivity index (χ3v) is 2.95. The number of nitrogens with one attached hydrogen (secondary N) is 2. The maximum atomic E-state index is 12.0. The van der Waals surface area contributed by atoms with Crippen molar-refractivity contribution >= 4 is 28.5 Å². The fourth-order valence-electron chi connectivity index (χ4n) is 2.02. The highest BCUT2D eigenvalue weighted by molar-refractivity contribution is 6.17. The first kappa shape index (κ1) is 12.3. The zero-order valence-corrected chi connectivity index (χ0v) is 10.3. The van der Waals surface area contributed by atoms with Crippen molar-refractivity contribution in [1.82, 2.24) is 20.3 Å². The van der Waals surface area contributed by atoms with Gasteiger partial charge < -0.3 is 10.4 Å². The summed E-state index contributed by atoms with van der Waals surface area (Å²) in [6, 6.07) is 5.27. The molecule has 102 valence electrons. The number of aliphatic hydroxyl groups is 1. The van der Waals surface area contributed by atoms with Gasteiger partial charge in [0.05, 0.1) is 18.8 Å². The number of hydrogen-bond acceptors (Lipinski definition) is 6. The third kappa shape index (κ3) is 1.91. The summed E-state index contributed by atoms with van der Waals surface area (Å²) in [5.74, 6) is -0.913. The fraction of sp³-hybridized carbons (Fsp3) is 0.167. The van der Waals surface area contributed by atoms with Crippen LogP contribution in [0.3, 0.4) is 0 Å². The third-order valence-electron chi connectivity index (χ3n) is 2.95. The standard InChI is InChI=1S/C12H11N5O3/c18-5-4-17-10(19)6-9(12(17)20)13-7-2-1-3-8-11(7)15-16-14-8/h1-3,6,13,18H,4-5H2,(H,14,15,16). The van der Waals surface area contributed by atoms with Crippen molar-refractivity contribution < 1.29 is 14.7 Å². The average molecular weight is 273 g/mol. The van der Waals surface area contributed by atoms with Crippen LogP contribution in [-0.2, 0) is 9.59 Å². The van der Waals surface area contributed by atoms with Crippen LogP contribution < -0.4 is 5.32 Å². The van der Waals surface area contributed by atoms with Gasteiger partial charge in [-0.1, -0.05) is 6.07 Å². The number of carbonyl (C=O) groups is 2. The fourth-order valence-corrected chi connectivity index (χ4v) is 2.02. The molecule has 2 heterocycles. The summed E-state index contributed by atoms with van der Waals surface area (Å²) >= 11 is 0. The van der Waals surface area contributed by atoms with E-state index in [9.17, 15) is 9.59 Å². The highest BCUT2D eigenvalue weighted by atomic mass is 16.3. The summed E-state index contributed by atoms with van der Waals surface area (Å²) < 4.78 is 0. The molecule has 0 bridgehead atoms. The van der Waals surface area contributed by atoms with E-state index in [1.54, 1.807) is 18.2 Å². The number of fused-ring (bicyclic) bond motifs is 1. The molecule has 0 fully saturated rings. The molecule has 8 heteroatoms. The molecule has 1 aliphatic rings. The second kappa shape index (κ2) is 4.74. The van der Waals surface area contributed by atoms with E-state index >= 15 is 0 Å². The molecule has 0 saturated carbocycles. The number of aromatic amines is 1. The van der Waals surface area contributed by atoms with Crippen molar-refractivity contribution in [3.63, 3.8) is 0 Å². The number of anilines is 1. The number of aliphatic hydroxyl groups excluding tert-OH is 1. The average Bonchev–Trinajstić information content (AvgIpc) is 3.00. The Balaban J connectivity index is 1.89. The summed E-state index contributed by atoms with van der Waals surface area (Å²) in [6.07, 6.45) is 1.21. The van der Waals surface area contributed by atoms with Crippen molar-refractivity contribution in [1.29, 1.82) is 0 Å². The van der Waals surface area contributed by atoms with Gasteiger partial charge in [-0.25, -0.2) is 0 Å². The Bertz CT molecular complexity index is 721. The molecule has 1 aliphatic heterocycles. The number of aromatic nitrogens is 3. The molecule has 0 unspecified atom stereocenters. The summed E-state index contributed by atoms with van der Waals surface area (Å²) in [7, 11) is 0. The molecule has 2 aromatic rings. The Labute approximate surface area is 113 Å². The van der Waals surface area contributed by atoms with E-state index < -0.39 is 11.8 Å². The number of β-amino-alcohol motifs (C(OH)–C–C–N with tert-alkyl or cyclic N) is 1. The van der Waals surface area contributed by atoms with Crippen molar-refractivity contribution in [3.8, 4) is 0 Å². The Hall–Kier alpha value is -2.74. The van der Waals surface area contributed by atoms with Crippen LogP contribution in [-0.4, -0.2) is 50.4 Å². The van der Waals surface area contributed by atoms with Gasteiger partial charge in [0.15, 0.2) is 0 Å². The van der Waals surface area contributed by atoms with Gasteiger partial charge in [0.25, 0.3) is 11.8 Å². The number of amides is 2. The molecule has 3 N–H and O–H groups in total. The van der Waals surface area contributed by atoms with Crippen molar-refractivity contribution in [2.45, 2.75) is 0 Å². The normalized spacial score (nSPS) is 15.1. The first-order chi connectivity index (χ1) is 9.70. The maximum Gasteiger partial charge on any atom is 0.277 e. The molecule has 0 radical (unpaired) electrons.